The number of aryl methyl sites for hydroxylation is 1. The Labute approximate surface area is 143 Å². The van der Waals surface area contributed by atoms with Crippen LogP contribution in [0.4, 0.5) is 0 Å². The van der Waals surface area contributed by atoms with Gasteiger partial charge < -0.3 is 25.2 Å². The number of aliphatic hydroxyl groups excluding tert-OH is 1. The SMILES string of the molecule is COc1ccc(CCCNC(=O)C2CC(O)CN2)cc1OC.Cl. The number of β-amino-alcohol motifs (C(OH)–C–C–N with tert-alkyl or cyclic N) is 1. The molecule has 23 heavy (non-hydrogen) atoms. The van der Waals surface area contributed by atoms with E-state index in [-0.39, 0.29) is 24.4 Å². The molecule has 7 heteroatoms. The lowest BCUT2D eigenvalue weighted by molar-refractivity contribution is -0.122. The summed E-state index contributed by atoms with van der Waals surface area (Å²) < 4.78 is 10.5. The van der Waals surface area contributed by atoms with Gasteiger partial charge in [0.2, 0.25) is 5.91 Å². The summed E-state index contributed by atoms with van der Waals surface area (Å²) in [4.78, 5) is 11.9. The van der Waals surface area contributed by atoms with Crippen molar-refractivity contribution in [2.75, 3.05) is 27.3 Å². The number of amides is 1. The molecule has 0 aliphatic carbocycles. The molecule has 1 fully saturated rings. The topological polar surface area (TPSA) is 79.8 Å². The van der Waals surface area contributed by atoms with Crippen molar-refractivity contribution in [2.24, 2.45) is 0 Å². The zero-order valence-corrected chi connectivity index (χ0v) is 14.3. The maximum atomic E-state index is 11.9. The van der Waals surface area contributed by atoms with Gasteiger partial charge in [-0.05, 0) is 37.0 Å². The lowest BCUT2D eigenvalue weighted by Crippen LogP contribution is -2.40. The number of methoxy groups -OCH3 is 2. The molecular formula is C16H25ClN2O4. The second-order valence-electron chi connectivity index (χ2n) is 5.43. The number of benzene rings is 1. The molecule has 1 heterocycles. The molecule has 6 nitrogen and oxygen atoms in total. The van der Waals surface area contributed by atoms with E-state index in [1.54, 1.807) is 14.2 Å². The highest BCUT2D eigenvalue weighted by Gasteiger charge is 2.27. The summed E-state index contributed by atoms with van der Waals surface area (Å²) in [5.41, 5.74) is 1.14. The molecule has 1 aliphatic heterocycles. The van der Waals surface area contributed by atoms with Crippen LogP contribution in [-0.2, 0) is 11.2 Å². The zero-order valence-electron chi connectivity index (χ0n) is 13.5. The third-order valence-corrected chi connectivity index (χ3v) is 3.81. The normalized spacial score (nSPS) is 19.8. The summed E-state index contributed by atoms with van der Waals surface area (Å²) in [7, 11) is 3.23. The van der Waals surface area contributed by atoms with E-state index in [2.05, 4.69) is 10.6 Å². The van der Waals surface area contributed by atoms with Gasteiger partial charge in [-0.25, -0.2) is 0 Å². The largest absolute Gasteiger partial charge is 0.493 e. The van der Waals surface area contributed by atoms with Crippen molar-refractivity contribution in [2.45, 2.75) is 31.4 Å². The van der Waals surface area contributed by atoms with Crippen LogP contribution in [0, 0.1) is 0 Å². The van der Waals surface area contributed by atoms with Crippen molar-refractivity contribution in [3.63, 3.8) is 0 Å². The van der Waals surface area contributed by atoms with Crippen LogP contribution in [0.15, 0.2) is 18.2 Å². The first-order valence-electron chi connectivity index (χ1n) is 7.54. The van der Waals surface area contributed by atoms with Gasteiger partial charge in [0.1, 0.15) is 0 Å². The Bertz CT molecular complexity index is 513. The molecular weight excluding hydrogens is 320 g/mol. The lowest BCUT2D eigenvalue weighted by Gasteiger charge is -2.12. The number of carbonyl (C=O) groups excluding carboxylic acids is 1. The van der Waals surface area contributed by atoms with E-state index in [0.717, 1.165) is 18.4 Å². The predicted molar refractivity (Wildman–Crippen MR) is 90.5 cm³/mol. The molecule has 2 atom stereocenters. The number of hydrogen-bond donors (Lipinski definition) is 3. The summed E-state index contributed by atoms with van der Waals surface area (Å²) in [6, 6.07) is 5.57. The minimum Gasteiger partial charge on any atom is -0.493 e. The van der Waals surface area contributed by atoms with Crippen LogP contribution in [-0.4, -0.2) is 50.5 Å². The summed E-state index contributed by atoms with van der Waals surface area (Å²) in [5.74, 6) is 1.39. The second-order valence-corrected chi connectivity index (χ2v) is 5.43. The monoisotopic (exact) mass is 344 g/mol. The van der Waals surface area contributed by atoms with Crippen LogP contribution in [0.2, 0.25) is 0 Å². The smallest absolute Gasteiger partial charge is 0.237 e. The molecule has 0 bridgehead atoms. The number of hydrogen-bond acceptors (Lipinski definition) is 5. The van der Waals surface area contributed by atoms with Gasteiger partial charge in [-0.15, -0.1) is 12.4 Å². The molecule has 1 aromatic rings. The summed E-state index contributed by atoms with van der Waals surface area (Å²) in [6.45, 7) is 1.10. The minimum absolute atomic E-state index is 0. The van der Waals surface area contributed by atoms with E-state index in [9.17, 15) is 9.90 Å². The van der Waals surface area contributed by atoms with Crippen LogP contribution in [0.3, 0.4) is 0 Å². The van der Waals surface area contributed by atoms with E-state index in [0.29, 0.717) is 31.0 Å². The highest BCUT2D eigenvalue weighted by atomic mass is 35.5. The Morgan fingerprint density at radius 2 is 2.09 bits per heavy atom. The molecule has 3 N–H and O–H groups in total. The Morgan fingerprint density at radius 3 is 2.70 bits per heavy atom. The first-order valence-corrected chi connectivity index (χ1v) is 7.54. The lowest BCUT2D eigenvalue weighted by atomic mass is 10.1. The number of halogens is 1. The molecule has 0 aromatic heterocycles. The van der Waals surface area contributed by atoms with E-state index in [4.69, 9.17) is 9.47 Å². The molecule has 0 spiro atoms. The van der Waals surface area contributed by atoms with Gasteiger partial charge in [-0.2, -0.15) is 0 Å². The molecule has 2 rings (SSSR count). The first-order chi connectivity index (χ1) is 10.6. The first kappa shape index (κ1) is 19.5. The molecule has 1 aromatic carbocycles. The highest BCUT2D eigenvalue weighted by molar-refractivity contribution is 5.85. The number of ether oxygens (including phenoxy) is 2. The number of rotatable bonds is 7. The van der Waals surface area contributed by atoms with Crippen LogP contribution in [0.5, 0.6) is 11.5 Å². The highest BCUT2D eigenvalue weighted by Crippen LogP contribution is 2.27. The fourth-order valence-electron chi connectivity index (χ4n) is 2.58. The van der Waals surface area contributed by atoms with Crippen LogP contribution >= 0.6 is 12.4 Å². The Hall–Kier alpha value is -1.50. The maximum absolute atomic E-state index is 11.9. The van der Waals surface area contributed by atoms with Crippen molar-refractivity contribution in [3.8, 4) is 11.5 Å². The average molecular weight is 345 g/mol. The molecule has 0 radical (unpaired) electrons. The molecule has 2 unspecified atom stereocenters. The van der Waals surface area contributed by atoms with Crippen molar-refractivity contribution in [3.05, 3.63) is 23.8 Å². The van der Waals surface area contributed by atoms with Gasteiger partial charge >= 0.3 is 0 Å². The maximum Gasteiger partial charge on any atom is 0.237 e. The Balaban J connectivity index is 0.00000264. The third kappa shape index (κ3) is 5.57. The predicted octanol–water partition coefficient (Wildman–Crippen LogP) is 0.897. The van der Waals surface area contributed by atoms with Crippen molar-refractivity contribution in [1.82, 2.24) is 10.6 Å². The molecule has 1 saturated heterocycles. The van der Waals surface area contributed by atoms with Crippen LogP contribution in [0.25, 0.3) is 0 Å². The van der Waals surface area contributed by atoms with Gasteiger partial charge in [-0.1, -0.05) is 6.07 Å². The molecule has 1 aliphatic rings. The Morgan fingerprint density at radius 1 is 1.35 bits per heavy atom. The Kier molecular flexibility index (Phi) is 8.16. The second kappa shape index (κ2) is 9.60. The van der Waals surface area contributed by atoms with Gasteiger partial charge in [-0.3, -0.25) is 4.79 Å². The average Bonchev–Trinajstić information content (AvgIpc) is 2.97. The number of nitrogens with one attached hydrogen (secondary N) is 2. The minimum atomic E-state index is -0.414. The van der Waals surface area contributed by atoms with E-state index in [1.165, 1.54) is 0 Å². The van der Waals surface area contributed by atoms with Crippen LogP contribution < -0.4 is 20.1 Å². The van der Waals surface area contributed by atoms with Gasteiger partial charge in [0.15, 0.2) is 11.5 Å². The zero-order chi connectivity index (χ0) is 15.9. The summed E-state index contributed by atoms with van der Waals surface area (Å²) in [5, 5.41) is 15.3. The third-order valence-electron chi connectivity index (χ3n) is 3.81. The summed E-state index contributed by atoms with van der Waals surface area (Å²) >= 11 is 0. The van der Waals surface area contributed by atoms with Gasteiger partial charge in [0.05, 0.1) is 26.4 Å². The van der Waals surface area contributed by atoms with Gasteiger partial charge in [0, 0.05) is 13.1 Å². The van der Waals surface area contributed by atoms with Crippen molar-refractivity contribution in [1.29, 1.82) is 0 Å². The van der Waals surface area contributed by atoms with Gasteiger partial charge in [0.25, 0.3) is 0 Å². The van der Waals surface area contributed by atoms with E-state index < -0.39 is 6.10 Å². The summed E-state index contributed by atoms with van der Waals surface area (Å²) in [6.07, 6.45) is 1.77. The van der Waals surface area contributed by atoms with Crippen LogP contribution in [0.1, 0.15) is 18.4 Å². The van der Waals surface area contributed by atoms with Crippen molar-refractivity contribution >= 4 is 18.3 Å². The fraction of sp³-hybridized carbons (Fsp3) is 0.562. The molecule has 130 valence electrons. The molecule has 1 amide bonds. The fourth-order valence-corrected chi connectivity index (χ4v) is 2.58. The van der Waals surface area contributed by atoms with E-state index >= 15 is 0 Å². The molecule has 0 saturated carbocycles. The quantitative estimate of drug-likeness (QED) is 0.640. The van der Waals surface area contributed by atoms with E-state index in [1.807, 2.05) is 18.2 Å². The standard InChI is InChI=1S/C16H24N2O4.ClH/c1-21-14-6-5-11(8-15(14)22-2)4-3-7-17-16(20)13-9-12(19)10-18-13;/h5-6,8,12-13,18-19H,3-4,7,9-10H2,1-2H3,(H,17,20);1H. The number of aliphatic hydroxyl groups is 1. The number of carbonyl (C=O) groups is 1. The van der Waals surface area contributed by atoms with Crippen molar-refractivity contribution < 1.29 is 19.4 Å².